The maximum Gasteiger partial charge on any atom is 0.0671 e. The molecule has 0 aromatic heterocycles. The van der Waals surface area contributed by atoms with Gasteiger partial charge in [-0.25, -0.2) is 0 Å². The van der Waals surface area contributed by atoms with E-state index in [9.17, 15) is 0 Å². The van der Waals surface area contributed by atoms with Crippen molar-refractivity contribution < 1.29 is 0 Å². The highest BCUT2D eigenvalue weighted by molar-refractivity contribution is 6.07. The van der Waals surface area contributed by atoms with E-state index in [1.165, 1.54) is 42.9 Å². The Morgan fingerprint density at radius 1 is 1.33 bits per heavy atom. The molecule has 2 saturated heterocycles. The molecule has 0 spiro atoms. The van der Waals surface area contributed by atoms with Crippen molar-refractivity contribution in [2.24, 2.45) is 16.8 Å². The van der Waals surface area contributed by atoms with Crippen LogP contribution in [0, 0.1) is 11.8 Å². The minimum absolute atomic E-state index is 0.232. The number of para-hydroxylation sites is 1. The molecule has 0 amide bonds. The summed E-state index contributed by atoms with van der Waals surface area (Å²) >= 11 is 0. The van der Waals surface area contributed by atoms with Crippen LogP contribution in [0.15, 0.2) is 40.9 Å². The largest absolute Gasteiger partial charge is 0.291 e. The summed E-state index contributed by atoms with van der Waals surface area (Å²) in [4.78, 5) is 7.81. The first-order valence-corrected chi connectivity index (χ1v) is 8.33. The number of hydrogen-bond donors (Lipinski definition) is 0. The van der Waals surface area contributed by atoms with Crippen molar-refractivity contribution in [3.05, 3.63) is 41.5 Å². The van der Waals surface area contributed by atoms with Crippen LogP contribution in [0.25, 0.3) is 0 Å². The molecule has 3 heterocycles. The van der Waals surface area contributed by atoms with E-state index in [4.69, 9.17) is 4.99 Å². The van der Waals surface area contributed by atoms with Crippen LogP contribution in [-0.2, 0) is 5.41 Å². The summed E-state index contributed by atoms with van der Waals surface area (Å²) in [6, 6.07) is 9.49. The van der Waals surface area contributed by atoms with Gasteiger partial charge in [-0.15, -0.1) is 0 Å². The van der Waals surface area contributed by atoms with Gasteiger partial charge in [0.05, 0.1) is 5.69 Å². The van der Waals surface area contributed by atoms with Crippen molar-refractivity contribution in [2.75, 3.05) is 13.1 Å². The van der Waals surface area contributed by atoms with Gasteiger partial charge in [-0.3, -0.25) is 9.89 Å². The second-order valence-corrected chi connectivity index (χ2v) is 7.22. The van der Waals surface area contributed by atoms with Crippen molar-refractivity contribution >= 4 is 11.4 Å². The number of benzene rings is 1. The Kier molecular flexibility index (Phi) is 2.24. The van der Waals surface area contributed by atoms with Crippen LogP contribution in [0.2, 0.25) is 0 Å². The van der Waals surface area contributed by atoms with Gasteiger partial charge in [0, 0.05) is 30.3 Å². The molecule has 1 aromatic carbocycles. The SMILES string of the molecule is CC=C1CN2CCC34C(=Nc5ccccc53)C2CC1C4C. The van der Waals surface area contributed by atoms with Crippen LogP contribution < -0.4 is 0 Å². The van der Waals surface area contributed by atoms with E-state index >= 15 is 0 Å². The second kappa shape index (κ2) is 3.86. The van der Waals surface area contributed by atoms with Crippen molar-refractivity contribution in [3.63, 3.8) is 0 Å². The molecule has 4 unspecified atom stereocenters. The lowest BCUT2D eigenvalue weighted by Crippen LogP contribution is -2.66. The number of hydrogen-bond acceptors (Lipinski definition) is 2. The molecule has 21 heavy (non-hydrogen) atoms. The Balaban J connectivity index is 1.77. The average Bonchev–Trinajstić information content (AvgIpc) is 2.88. The summed E-state index contributed by atoms with van der Waals surface area (Å²) in [5, 5.41) is 0. The zero-order valence-electron chi connectivity index (χ0n) is 12.8. The smallest absolute Gasteiger partial charge is 0.0671 e. The minimum Gasteiger partial charge on any atom is -0.291 e. The monoisotopic (exact) mass is 278 g/mol. The number of aliphatic imine (C=N–C) groups is 1. The van der Waals surface area contributed by atoms with Gasteiger partial charge in [0.2, 0.25) is 0 Å². The first-order chi connectivity index (χ1) is 10.3. The van der Waals surface area contributed by atoms with Crippen LogP contribution in [0.4, 0.5) is 5.69 Å². The average molecular weight is 278 g/mol. The molecule has 2 nitrogen and oxygen atoms in total. The lowest BCUT2D eigenvalue weighted by Gasteiger charge is -2.59. The first kappa shape index (κ1) is 12.2. The lowest BCUT2D eigenvalue weighted by atomic mass is 9.51. The van der Waals surface area contributed by atoms with E-state index in [1.54, 1.807) is 5.57 Å². The fraction of sp³-hybridized carbons (Fsp3) is 0.526. The quantitative estimate of drug-likeness (QED) is 0.661. The Bertz CT molecular complexity index is 687. The van der Waals surface area contributed by atoms with Crippen LogP contribution in [0.1, 0.15) is 32.3 Å². The standard InChI is InChI=1S/C19H22N2/c1-3-13-11-21-9-8-19-12(2)14(13)10-17(21)18(19)20-16-7-5-4-6-15(16)19/h3-7,12,14,17H,8-11H2,1-2H3. The molecule has 4 aliphatic rings. The molecule has 1 aliphatic carbocycles. The van der Waals surface area contributed by atoms with Gasteiger partial charge in [-0.05, 0) is 43.2 Å². The van der Waals surface area contributed by atoms with Gasteiger partial charge in [-0.1, -0.05) is 36.8 Å². The maximum atomic E-state index is 5.12. The third-order valence-electron chi connectivity index (χ3n) is 6.72. The molecule has 1 saturated carbocycles. The van der Waals surface area contributed by atoms with E-state index in [0.717, 1.165) is 5.92 Å². The molecule has 3 aliphatic heterocycles. The van der Waals surface area contributed by atoms with Crippen LogP contribution >= 0.6 is 0 Å². The van der Waals surface area contributed by atoms with Gasteiger partial charge < -0.3 is 0 Å². The molecular weight excluding hydrogens is 256 g/mol. The lowest BCUT2D eigenvalue weighted by molar-refractivity contribution is 0.0669. The first-order valence-electron chi connectivity index (χ1n) is 8.33. The summed E-state index contributed by atoms with van der Waals surface area (Å²) in [5.74, 6) is 1.44. The summed E-state index contributed by atoms with van der Waals surface area (Å²) in [7, 11) is 0. The Morgan fingerprint density at radius 3 is 3.05 bits per heavy atom. The highest BCUT2D eigenvalue weighted by atomic mass is 15.2. The van der Waals surface area contributed by atoms with Crippen molar-refractivity contribution in [3.8, 4) is 0 Å². The van der Waals surface area contributed by atoms with E-state index in [-0.39, 0.29) is 5.41 Å². The molecular formula is C19H22N2. The van der Waals surface area contributed by atoms with Crippen molar-refractivity contribution in [1.82, 2.24) is 4.90 Å². The summed E-state index contributed by atoms with van der Waals surface area (Å²) in [5.41, 5.74) is 6.15. The van der Waals surface area contributed by atoms with E-state index < -0.39 is 0 Å². The molecule has 1 aromatic rings. The van der Waals surface area contributed by atoms with Crippen molar-refractivity contribution in [1.29, 1.82) is 0 Å². The Labute approximate surface area is 126 Å². The van der Waals surface area contributed by atoms with E-state index in [2.05, 4.69) is 49.1 Å². The van der Waals surface area contributed by atoms with Gasteiger partial charge in [0.25, 0.3) is 0 Å². The van der Waals surface area contributed by atoms with E-state index in [1.807, 2.05) is 0 Å². The van der Waals surface area contributed by atoms with Crippen LogP contribution in [0.5, 0.6) is 0 Å². The normalized spacial score (nSPS) is 41.9. The molecule has 3 bridgehead atoms. The zero-order chi connectivity index (χ0) is 14.2. The molecule has 2 heteroatoms. The van der Waals surface area contributed by atoms with Crippen LogP contribution in [0.3, 0.4) is 0 Å². The number of nitrogens with zero attached hydrogens (tertiary/aromatic N) is 2. The minimum atomic E-state index is 0.232. The predicted molar refractivity (Wildman–Crippen MR) is 86.2 cm³/mol. The maximum absolute atomic E-state index is 5.12. The molecule has 0 radical (unpaired) electrons. The molecule has 3 fully saturated rings. The highest BCUT2D eigenvalue weighted by Gasteiger charge is 2.61. The van der Waals surface area contributed by atoms with Gasteiger partial charge in [0.15, 0.2) is 0 Å². The third-order valence-corrected chi connectivity index (χ3v) is 6.72. The number of piperidine rings is 2. The molecule has 0 N–H and O–H groups in total. The molecule has 108 valence electrons. The summed E-state index contributed by atoms with van der Waals surface area (Å²) in [6.07, 6.45) is 4.93. The van der Waals surface area contributed by atoms with Crippen molar-refractivity contribution in [2.45, 2.75) is 38.1 Å². The Morgan fingerprint density at radius 2 is 2.19 bits per heavy atom. The highest BCUT2D eigenvalue weighted by Crippen LogP contribution is 2.59. The number of allylic oxidation sites excluding steroid dienone is 1. The van der Waals surface area contributed by atoms with Gasteiger partial charge >= 0.3 is 0 Å². The van der Waals surface area contributed by atoms with Crippen LogP contribution in [-0.4, -0.2) is 29.7 Å². The predicted octanol–water partition coefficient (Wildman–Crippen LogP) is 3.70. The molecule has 5 rings (SSSR count). The fourth-order valence-corrected chi connectivity index (χ4v) is 5.67. The zero-order valence-corrected chi connectivity index (χ0v) is 12.8. The molecule has 4 atom stereocenters. The third kappa shape index (κ3) is 1.27. The topological polar surface area (TPSA) is 15.6 Å². The summed E-state index contributed by atoms with van der Waals surface area (Å²) < 4.78 is 0. The number of fused-ring (bicyclic) bond motifs is 2. The summed E-state index contributed by atoms with van der Waals surface area (Å²) in [6.45, 7) is 7.11. The van der Waals surface area contributed by atoms with Gasteiger partial charge in [-0.2, -0.15) is 0 Å². The van der Waals surface area contributed by atoms with Gasteiger partial charge in [0.1, 0.15) is 0 Å². The number of rotatable bonds is 0. The Hall–Kier alpha value is -1.41. The van der Waals surface area contributed by atoms with E-state index in [0.29, 0.717) is 12.0 Å². The fourth-order valence-electron chi connectivity index (χ4n) is 5.67. The second-order valence-electron chi connectivity index (χ2n) is 7.22.